The number of nitrogens with one attached hydrogen (secondary N) is 1. The third kappa shape index (κ3) is 2.19. The zero-order chi connectivity index (χ0) is 10.6. The van der Waals surface area contributed by atoms with Crippen LogP contribution in [0, 0.1) is 0 Å². The lowest BCUT2D eigenvalue weighted by Gasteiger charge is -2.14. The molecular formula is C11H16N2O. The van der Waals surface area contributed by atoms with Crippen molar-refractivity contribution in [1.29, 1.82) is 0 Å². The fourth-order valence-electron chi connectivity index (χ4n) is 1.15. The second-order valence-electron chi connectivity index (χ2n) is 3.09. The van der Waals surface area contributed by atoms with Gasteiger partial charge in [-0.05, 0) is 19.1 Å². The molecule has 3 heteroatoms. The molecule has 1 atom stereocenters. The highest BCUT2D eigenvalue weighted by Gasteiger charge is 2.05. The van der Waals surface area contributed by atoms with Crippen LogP contribution in [0.2, 0.25) is 0 Å². The van der Waals surface area contributed by atoms with Gasteiger partial charge in [0.25, 0.3) is 0 Å². The van der Waals surface area contributed by atoms with Gasteiger partial charge in [0.05, 0.1) is 18.5 Å². The van der Waals surface area contributed by atoms with E-state index in [0.29, 0.717) is 11.4 Å². The summed E-state index contributed by atoms with van der Waals surface area (Å²) >= 11 is 0. The first-order chi connectivity index (χ1) is 6.69. The predicted octanol–water partition coefficient (Wildman–Crippen LogP) is 2.26. The molecule has 0 aromatic heterocycles. The Labute approximate surface area is 84.6 Å². The highest BCUT2D eigenvalue weighted by molar-refractivity contribution is 5.73. The smallest absolute Gasteiger partial charge is 0.143 e. The van der Waals surface area contributed by atoms with Crippen molar-refractivity contribution in [3.05, 3.63) is 30.9 Å². The van der Waals surface area contributed by atoms with Crippen molar-refractivity contribution in [3.63, 3.8) is 0 Å². The molecule has 1 unspecified atom stereocenters. The Balaban J connectivity index is 2.91. The van der Waals surface area contributed by atoms with E-state index in [0.717, 1.165) is 5.69 Å². The Morgan fingerprint density at radius 2 is 2.29 bits per heavy atom. The van der Waals surface area contributed by atoms with Gasteiger partial charge in [0, 0.05) is 6.04 Å². The summed E-state index contributed by atoms with van der Waals surface area (Å²) in [5, 5.41) is 3.21. The standard InChI is InChI=1S/C11H16N2O/c1-4-8(2)13-9-6-5-7-10(14-3)11(9)12/h4-8,13H,1,12H2,2-3H3. The van der Waals surface area contributed by atoms with Crippen LogP contribution in [0.5, 0.6) is 5.75 Å². The number of ether oxygens (including phenoxy) is 1. The average Bonchev–Trinajstić information content (AvgIpc) is 2.21. The molecule has 0 spiro atoms. The van der Waals surface area contributed by atoms with Crippen molar-refractivity contribution in [2.75, 3.05) is 18.2 Å². The van der Waals surface area contributed by atoms with Crippen molar-refractivity contribution in [2.45, 2.75) is 13.0 Å². The second kappa shape index (κ2) is 4.56. The predicted molar refractivity (Wildman–Crippen MR) is 60.7 cm³/mol. The molecule has 3 N–H and O–H groups in total. The van der Waals surface area contributed by atoms with Crippen molar-refractivity contribution in [1.82, 2.24) is 0 Å². The Morgan fingerprint density at radius 3 is 2.86 bits per heavy atom. The number of nitrogen functional groups attached to an aromatic ring is 1. The van der Waals surface area contributed by atoms with Crippen LogP contribution in [0.25, 0.3) is 0 Å². The van der Waals surface area contributed by atoms with E-state index in [-0.39, 0.29) is 6.04 Å². The molecule has 76 valence electrons. The normalized spacial score (nSPS) is 11.9. The van der Waals surface area contributed by atoms with Gasteiger partial charge in [-0.15, -0.1) is 6.58 Å². The summed E-state index contributed by atoms with van der Waals surface area (Å²) in [6.45, 7) is 5.70. The molecule has 0 saturated carbocycles. The van der Waals surface area contributed by atoms with E-state index >= 15 is 0 Å². The molecule has 0 aliphatic carbocycles. The molecule has 0 heterocycles. The van der Waals surface area contributed by atoms with Gasteiger partial charge in [-0.25, -0.2) is 0 Å². The van der Waals surface area contributed by atoms with Gasteiger partial charge in [-0.3, -0.25) is 0 Å². The van der Waals surface area contributed by atoms with Crippen molar-refractivity contribution in [2.24, 2.45) is 0 Å². The molecule has 3 nitrogen and oxygen atoms in total. The quantitative estimate of drug-likeness (QED) is 0.568. The molecular weight excluding hydrogens is 176 g/mol. The highest BCUT2D eigenvalue weighted by Crippen LogP contribution is 2.29. The number of nitrogens with two attached hydrogens (primary N) is 1. The first-order valence-electron chi connectivity index (χ1n) is 4.50. The van der Waals surface area contributed by atoms with E-state index in [1.54, 1.807) is 7.11 Å². The maximum Gasteiger partial charge on any atom is 0.143 e. The fourth-order valence-corrected chi connectivity index (χ4v) is 1.15. The lowest BCUT2D eigenvalue weighted by molar-refractivity contribution is 0.417. The van der Waals surface area contributed by atoms with Gasteiger partial charge in [-0.1, -0.05) is 12.1 Å². The molecule has 0 radical (unpaired) electrons. The third-order valence-electron chi connectivity index (χ3n) is 2.02. The lowest BCUT2D eigenvalue weighted by Crippen LogP contribution is -2.12. The van der Waals surface area contributed by atoms with Gasteiger partial charge in [0.2, 0.25) is 0 Å². The Hall–Kier alpha value is -1.64. The van der Waals surface area contributed by atoms with Crippen molar-refractivity contribution in [3.8, 4) is 5.75 Å². The summed E-state index contributed by atoms with van der Waals surface area (Å²) in [5.41, 5.74) is 7.38. The first-order valence-corrected chi connectivity index (χ1v) is 4.50. The van der Waals surface area contributed by atoms with Gasteiger partial charge < -0.3 is 15.8 Å². The molecule has 0 bridgehead atoms. The average molecular weight is 192 g/mol. The topological polar surface area (TPSA) is 47.3 Å². The van der Waals surface area contributed by atoms with E-state index in [1.165, 1.54) is 0 Å². The molecule has 1 aromatic rings. The number of para-hydroxylation sites is 1. The van der Waals surface area contributed by atoms with Crippen molar-refractivity contribution >= 4 is 11.4 Å². The highest BCUT2D eigenvalue weighted by atomic mass is 16.5. The zero-order valence-electron chi connectivity index (χ0n) is 8.58. The Morgan fingerprint density at radius 1 is 1.57 bits per heavy atom. The number of hydrogen-bond donors (Lipinski definition) is 2. The minimum Gasteiger partial charge on any atom is -0.495 e. The maximum absolute atomic E-state index is 5.88. The van der Waals surface area contributed by atoms with Crippen LogP contribution in [0.1, 0.15) is 6.92 Å². The lowest BCUT2D eigenvalue weighted by atomic mass is 10.2. The van der Waals surface area contributed by atoms with Gasteiger partial charge >= 0.3 is 0 Å². The minimum atomic E-state index is 0.185. The number of anilines is 2. The van der Waals surface area contributed by atoms with E-state index < -0.39 is 0 Å². The van der Waals surface area contributed by atoms with Gasteiger partial charge in [0.15, 0.2) is 0 Å². The maximum atomic E-state index is 5.88. The Kier molecular flexibility index (Phi) is 3.40. The molecule has 0 aliphatic rings. The molecule has 14 heavy (non-hydrogen) atoms. The summed E-state index contributed by atoms with van der Waals surface area (Å²) in [5.74, 6) is 0.686. The van der Waals surface area contributed by atoms with Crippen LogP contribution in [0.3, 0.4) is 0 Å². The van der Waals surface area contributed by atoms with Crippen LogP contribution >= 0.6 is 0 Å². The fraction of sp³-hybridized carbons (Fsp3) is 0.273. The second-order valence-corrected chi connectivity index (χ2v) is 3.09. The van der Waals surface area contributed by atoms with Crippen LogP contribution in [-0.2, 0) is 0 Å². The third-order valence-corrected chi connectivity index (χ3v) is 2.02. The van der Waals surface area contributed by atoms with Gasteiger partial charge in [-0.2, -0.15) is 0 Å². The SMILES string of the molecule is C=CC(C)Nc1cccc(OC)c1N. The van der Waals surface area contributed by atoms with E-state index in [9.17, 15) is 0 Å². The molecule has 0 fully saturated rings. The summed E-state index contributed by atoms with van der Waals surface area (Å²) in [6, 6.07) is 5.83. The first kappa shape index (κ1) is 10.4. The summed E-state index contributed by atoms with van der Waals surface area (Å²) in [7, 11) is 1.60. The number of hydrogen-bond acceptors (Lipinski definition) is 3. The minimum absolute atomic E-state index is 0.185. The Bertz CT molecular complexity index is 323. The zero-order valence-corrected chi connectivity index (χ0v) is 8.58. The number of rotatable bonds is 4. The van der Waals surface area contributed by atoms with Crippen molar-refractivity contribution < 1.29 is 4.74 Å². The largest absolute Gasteiger partial charge is 0.495 e. The van der Waals surface area contributed by atoms with E-state index in [1.807, 2.05) is 31.2 Å². The number of methoxy groups -OCH3 is 1. The van der Waals surface area contributed by atoms with Crippen LogP contribution in [0.4, 0.5) is 11.4 Å². The molecule has 1 aromatic carbocycles. The monoisotopic (exact) mass is 192 g/mol. The van der Waals surface area contributed by atoms with Gasteiger partial charge in [0.1, 0.15) is 5.75 Å². The van der Waals surface area contributed by atoms with E-state index in [4.69, 9.17) is 10.5 Å². The molecule has 0 saturated heterocycles. The molecule has 0 aliphatic heterocycles. The van der Waals surface area contributed by atoms with Crippen LogP contribution in [0.15, 0.2) is 30.9 Å². The van der Waals surface area contributed by atoms with Crippen LogP contribution < -0.4 is 15.8 Å². The summed E-state index contributed by atoms with van der Waals surface area (Å²) < 4.78 is 5.11. The molecule has 1 rings (SSSR count). The summed E-state index contributed by atoms with van der Waals surface area (Å²) in [4.78, 5) is 0. The number of benzene rings is 1. The van der Waals surface area contributed by atoms with Crippen LogP contribution in [-0.4, -0.2) is 13.2 Å². The van der Waals surface area contributed by atoms with E-state index in [2.05, 4.69) is 11.9 Å². The summed E-state index contributed by atoms with van der Waals surface area (Å²) in [6.07, 6.45) is 1.82. The molecule has 0 amide bonds.